The fourth-order valence-electron chi connectivity index (χ4n) is 0.861. The van der Waals surface area contributed by atoms with Gasteiger partial charge in [0.05, 0.1) is 5.75 Å². The number of thioether (sulfide) groups is 1. The zero-order chi connectivity index (χ0) is 11.4. The number of carbonyl (C=O) groups excluding carboxylic acids is 1. The van der Waals surface area contributed by atoms with E-state index in [-0.39, 0.29) is 23.2 Å². The number of nitrogens with zero attached hydrogens (tertiary/aromatic N) is 1. The number of carboxylic acid groups (broad SMARTS) is 1. The highest BCUT2D eigenvalue weighted by Crippen LogP contribution is 2.17. The van der Waals surface area contributed by atoms with Crippen molar-refractivity contribution in [2.75, 3.05) is 18.5 Å². The fourth-order valence-corrected chi connectivity index (χ4v) is 1.46. The van der Waals surface area contributed by atoms with Gasteiger partial charge in [-0.15, -0.1) is 0 Å². The van der Waals surface area contributed by atoms with Crippen LogP contribution < -0.4 is 11.1 Å². The Balaban J connectivity index is 2.76. The first-order valence-electron chi connectivity index (χ1n) is 3.96. The molecule has 0 saturated carbocycles. The number of H-pyrrole nitrogens is 1. The van der Waals surface area contributed by atoms with Gasteiger partial charge >= 0.3 is 5.97 Å². The second kappa shape index (κ2) is 4.69. The molecule has 1 aromatic rings. The van der Waals surface area contributed by atoms with Crippen LogP contribution in [0.25, 0.3) is 0 Å². The highest BCUT2D eigenvalue weighted by molar-refractivity contribution is 7.99. The molecule has 0 aliphatic rings. The maximum absolute atomic E-state index is 11.2. The second-order valence-corrected chi connectivity index (χ2v) is 3.53. The number of aromatic nitrogens is 2. The van der Waals surface area contributed by atoms with Gasteiger partial charge in [0.2, 0.25) is 0 Å². The van der Waals surface area contributed by atoms with Crippen LogP contribution >= 0.6 is 11.8 Å². The first kappa shape index (κ1) is 11.4. The fraction of sp³-hybridized carbons (Fsp3) is 0.286. The molecule has 0 fully saturated rings. The van der Waals surface area contributed by atoms with Crippen LogP contribution in [0.15, 0.2) is 5.16 Å². The Labute approximate surface area is 89.5 Å². The highest BCUT2D eigenvalue weighted by Gasteiger charge is 2.14. The number of amides is 1. The van der Waals surface area contributed by atoms with Gasteiger partial charge in [-0.1, -0.05) is 11.8 Å². The number of hydrogen-bond donors (Lipinski definition) is 4. The number of aliphatic carboxylic acids is 1. The third-order valence-electron chi connectivity index (χ3n) is 1.50. The Bertz CT molecular complexity index is 390. The second-order valence-electron chi connectivity index (χ2n) is 2.56. The van der Waals surface area contributed by atoms with E-state index in [1.54, 1.807) is 0 Å². The quantitative estimate of drug-likeness (QED) is 0.519. The minimum atomic E-state index is -0.962. The number of nitrogens with one attached hydrogen (secondary N) is 2. The van der Waals surface area contributed by atoms with Crippen molar-refractivity contribution in [1.29, 1.82) is 0 Å². The SMILES string of the molecule is CNC(=O)c1[nH]c(SCC(=O)O)nc1N. The van der Waals surface area contributed by atoms with E-state index in [0.717, 1.165) is 11.8 Å². The number of anilines is 1. The van der Waals surface area contributed by atoms with Crippen LogP contribution in [0.2, 0.25) is 0 Å². The van der Waals surface area contributed by atoms with E-state index in [1.807, 2.05) is 0 Å². The van der Waals surface area contributed by atoms with Gasteiger partial charge in [0.15, 0.2) is 11.0 Å². The molecule has 0 bridgehead atoms. The molecule has 82 valence electrons. The highest BCUT2D eigenvalue weighted by atomic mass is 32.2. The van der Waals surface area contributed by atoms with Gasteiger partial charge in [-0.3, -0.25) is 9.59 Å². The molecule has 7 nitrogen and oxygen atoms in total. The van der Waals surface area contributed by atoms with E-state index in [0.29, 0.717) is 5.16 Å². The smallest absolute Gasteiger partial charge is 0.313 e. The van der Waals surface area contributed by atoms with Crippen molar-refractivity contribution in [3.63, 3.8) is 0 Å². The van der Waals surface area contributed by atoms with Crippen LogP contribution in [0.1, 0.15) is 10.5 Å². The third-order valence-corrected chi connectivity index (χ3v) is 2.35. The Morgan fingerprint density at radius 3 is 2.87 bits per heavy atom. The first-order valence-corrected chi connectivity index (χ1v) is 4.95. The number of nitrogens with two attached hydrogens (primary N) is 1. The molecule has 15 heavy (non-hydrogen) atoms. The van der Waals surface area contributed by atoms with Gasteiger partial charge in [0.25, 0.3) is 5.91 Å². The van der Waals surface area contributed by atoms with Gasteiger partial charge in [-0.25, -0.2) is 4.98 Å². The maximum Gasteiger partial charge on any atom is 0.313 e. The molecule has 1 aromatic heterocycles. The lowest BCUT2D eigenvalue weighted by atomic mass is 10.4. The summed E-state index contributed by atoms with van der Waals surface area (Å²) < 4.78 is 0. The Morgan fingerprint density at radius 1 is 1.67 bits per heavy atom. The van der Waals surface area contributed by atoms with E-state index in [4.69, 9.17) is 10.8 Å². The number of nitrogen functional groups attached to an aromatic ring is 1. The topological polar surface area (TPSA) is 121 Å². The van der Waals surface area contributed by atoms with Crippen LogP contribution in [0.5, 0.6) is 0 Å². The van der Waals surface area contributed by atoms with Gasteiger partial charge in [-0.2, -0.15) is 0 Å². The number of rotatable bonds is 4. The Morgan fingerprint density at radius 2 is 2.33 bits per heavy atom. The summed E-state index contributed by atoms with van der Waals surface area (Å²) in [5.41, 5.74) is 5.60. The van der Waals surface area contributed by atoms with Crippen LogP contribution in [0.4, 0.5) is 5.82 Å². The van der Waals surface area contributed by atoms with Crippen LogP contribution in [0, 0.1) is 0 Å². The molecular weight excluding hydrogens is 220 g/mol. The molecule has 8 heteroatoms. The van der Waals surface area contributed by atoms with E-state index >= 15 is 0 Å². The van der Waals surface area contributed by atoms with Crippen LogP contribution in [-0.4, -0.2) is 39.8 Å². The van der Waals surface area contributed by atoms with Gasteiger partial charge in [-0.05, 0) is 0 Å². The number of carboxylic acids is 1. The van der Waals surface area contributed by atoms with E-state index in [1.165, 1.54) is 7.05 Å². The zero-order valence-corrected chi connectivity index (χ0v) is 8.72. The predicted octanol–water partition coefficient (Wildman–Crippen LogP) is -0.472. The van der Waals surface area contributed by atoms with Crippen molar-refractivity contribution in [1.82, 2.24) is 15.3 Å². The van der Waals surface area contributed by atoms with Crippen molar-refractivity contribution in [3.8, 4) is 0 Å². The number of hydrogen-bond acceptors (Lipinski definition) is 5. The summed E-state index contributed by atoms with van der Waals surface area (Å²) >= 11 is 0.965. The molecule has 1 rings (SSSR count). The van der Waals surface area contributed by atoms with Crippen molar-refractivity contribution >= 4 is 29.5 Å². The minimum absolute atomic E-state index is 0.0576. The molecule has 0 aromatic carbocycles. The first-order chi connectivity index (χ1) is 7.04. The molecule has 0 atom stereocenters. The number of aromatic amines is 1. The van der Waals surface area contributed by atoms with Gasteiger partial charge < -0.3 is 21.1 Å². The van der Waals surface area contributed by atoms with Crippen molar-refractivity contribution in [2.24, 2.45) is 0 Å². The Hall–Kier alpha value is -1.70. The van der Waals surface area contributed by atoms with Crippen molar-refractivity contribution in [2.45, 2.75) is 5.16 Å². The lowest BCUT2D eigenvalue weighted by Gasteiger charge is -1.94. The monoisotopic (exact) mass is 230 g/mol. The molecule has 0 saturated heterocycles. The van der Waals surface area contributed by atoms with Crippen molar-refractivity contribution < 1.29 is 14.7 Å². The normalized spacial score (nSPS) is 9.93. The summed E-state index contributed by atoms with van der Waals surface area (Å²) in [6, 6.07) is 0. The molecule has 0 unspecified atom stereocenters. The number of carbonyl (C=O) groups is 2. The van der Waals surface area contributed by atoms with Crippen LogP contribution in [0.3, 0.4) is 0 Å². The summed E-state index contributed by atoms with van der Waals surface area (Å²) in [6.45, 7) is 0. The largest absolute Gasteiger partial charge is 0.481 e. The standard InChI is InChI=1S/C7H10N4O3S/c1-9-6(14)4-5(8)11-7(10-4)15-2-3(12)13/h2,8H2,1H3,(H,9,14)(H,10,11)(H,12,13). The third kappa shape index (κ3) is 2.88. The molecule has 0 aliphatic carbocycles. The van der Waals surface area contributed by atoms with E-state index < -0.39 is 5.97 Å². The lowest BCUT2D eigenvalue weighted by Crippen LogP contribution is -2.19. The molecule has 0 spiro atoms. The molecule has 1 amide bonds. The minimum Gasteiger partial charge on any atom is -0.481 e. The summed E-state index contributed by atoms with van der Waals surface area (Å²) in [5.74, 6) is -1.43. The molecule has 0 aliphatic heterocycles. The molecular formula is C7H10N4O3S. The lowest BCUT2D eigenvalue weighted by molar-refractivity contribution is -0.133. The van der Waals surface area contributed by atoms with Gasteiger partial charge in [0, 0.05) is 7.05 Å². The maximum atomic E-state index is 11.2. The van der Waals surface area contributed by atoms with E-state index in [9.17, 15) is 9.59 Å². The average Bonchev–Trinajstić information content (AvgIpc) is 2.55. The van der Waals surface area contributed by atoms with Crippen molar-refractivity contribution in [3.05, 3.63) is 5.69 Å². The molecule has 1 heterocycles. The zero-order valence-electron chi connectivity index (χ0n) is 7.90. The molecule has 5 N–H and O–H groups in total. The van der Waals surface area contributed by atoms with E-state index in [2.05, 4.69) is 15.3 Å². The summed E-state index contributed by atoms with van der Waals surface area (Å²) in [6.07, 6.45) is 0. The predicted molar refractivity (Wildman–Crippen MR) is 54.8 cm³/mol. The molecule has 0 radical (unpaired) electrons. The Kier molecular flexibility index (Phi) is 3.56. The summed E-state index contributed by atoms with van der Waals surface area (Å²) in [5, 5.41) is 11.1. The van der Waals surface area contributed by atoms with Gasteiger partial charge in [0.1, 0.15) is 5.69 Å². The summed E-state index contributed by atoms with van der Waals surface area (Å²) in [4.78, 5) is 27.9. The summed E-state index contributed by atoms with van der Waals surface area (Å²) in [7, 11) is 1.46. The number of imidazole rings is 1. The average molecular weight is 230 g/mol. The van der Waals surface area contributed by atoms with Crippen LogP contribution in [-0.2, 0) is 4.79 Å².